The highest BCUT2D eigenvalue weighted by atomic mass is 35.5. The highest BCUT2D eigenvalue weighted by Gasteiger charge is 2.05. The monoisotopic (exact) mass is 258 g/mol. The van der Waals surface area contributed by atoms with Gasteiger partial charge in [0.2, 0.25) is 0 Å². The van der Waals surface area contributed by atoms with Crippen LogP contribution < -0.4 is 0 Å². The zero-order valence-corrected chi connectivity index (χ0v) is 11.7. The Balaban J connectivity index is 1.93. The maximum atomic E-state index is 5.90. The van der Waals surface area contributed by atoms with Crippen molar-refractivity contribution in [2.45, 2.75) is 32.6 Å². The van der Waals surface area contributed by atoms with Crippen molar-refractivity contribution in [3.63, 3.8) is 0 Å². The SMILES string of the molecule is Cc1ccc(CCC(C)c2ccc(Cl)cc2)cc1. The van der Waals surface area contributed by atoms with E-state index in [2.05, 4.69) is 50.2 Å². The van der Waals surface area contributed by atoms with Crippen molar-refractivity contribution >= 4 is 11.6 Å². The summed E-state index contributed by atoms with van der Waals surface area (Å²) in [5.41, 5.74) is 4.11. The third-order valence-electron chi connectivity index (χ3n) is 3.43. The Morgan fingerprint density at radius 3 is 2.17 bits per heavy atom. The van der Waals surface area contributed by atoms with Gasteiger partial charge in [-0.25, -0.2) is 0 Å². The lowest BCUT2D eigenvalue weighted by atomic mass is 9.94. The first-order chi connectivity index (χ1) is 8.65. The zero-order valence-electron chi connectivity index (χ0n) is 11.0. The molecule has 0 aliphatic heterocycles. The number of hydrogen-bond acceptors (Lipinski definition) is 0. The van der Waals surface area contributed by atoms with Gasteiger partial charge in [0.05, 0.1) is 0 Å². The van der Waals surface area contributed by atoms with E-state index in [1.54, 1.807) is 0 Å². The number of benzene rings is 2. The fourth-order valence-corrected chi connectivity index (χ4v) is 2.22. The molecule has 94 valence electrons. The number of halogens is 1. The summed E-state index contributed by atoms with van der Waals surface area (Å²) >= 11 is 5.90. The van der Waals surface area contributed by atoms with Crippen LogP contribution in [-0.4, -0.2) is 0 Å². The predicted octanol–water partition coefficient (Wildman–Crippen LogP) is 5.38. The molecule has 2 aromatic carbocycles. The Bertz CT molecular complexity index is 482. The molecule has 0 aliphatic carbocycles. The van der Waals surface area contributed by atoms with Gasteiger partial charge in [0.1, 0.15) is 0 Å². The standard InChI is InChI=1S/C17H19Cl/c1-13-3-6-15(7-4-13)8-5-14(2)16-9-11-17(18)12-10-16/h3-4,6-7,9-12,14H,5,8H2,1-2H3. The third-order valence-corrected chi connectivity index (χ3v) is 3.68. The van der Waals surface area contributed by atoms with Crippen LogP contribution in [0.5, 0.6) is 0 Å². The lowest BCUT2D eigenvalue weighted by Gasteiger charge is -2.12. The fourth-order valence-electron chi connectivity index (χ4n) is 2.10. The molecule has 0 aromatic heterocycles. The molecule has 0 heterocycles. The van der Waals surface area contributed by atoms with Gasteiger partial charge in [-0.15, -0.1) is 0 Å². The minimum Gasteiger partial charge on any atom is -0.0843 e. The minimum atomic E-state index is 0.573. The molecule has 0 N–H and O–H groups in total. The van der Waals surface area contributed by atoms with E-state index in [0.29, 0.717) is 5.92 Å². The number of hydrogen-bond donors (Lipinski definition) is 0. The molecule has 0 saturated heterocycles. The van der Waals surface area contributed by atoms with Crippen molar-refractivity contribution in [1.82, 2.24) is 0 Å². The first-order valence-corrected chi connectivity index (χ1v) is 6.84. The molecular formula is C17H19Cl. The van der Waals surface area contributed by atoms with Crippen molar-refractivity contribution < 1.29 is 0 Å². The van der Waals surface area contributed by atoms with Crippen molar-refractivity contribution in [2.75, 3.05) is 0 Å². The van der Waals surface area contributed by atoms with Crippen molar-refractivity contribution in [2.24, 2.45) is 0 Å². The molecule has 0 spiro atoms. The average Bonchev–Trinajstić information content (AvgIpc) is 2.38. The van der Waals surface area contributed by atoms with Crippen LogP contribution in [0.25, 0.3) is 0 Å². The molecule has 2 rings (SSSR count). The van der Waals surface area contributed by atoms with Crippen LogP contribution in [-0.2, 0) is 6.42 Å². The molecule has 18 heavy (non-hydrogen) atoms. The smallest absolute Gasteiger partial charge is 0.0406 e. The van der Waals surface area contributed by atoms with Crippen LogP contribution in [0.4, 0.5) is 0 Å². The van der Waals surface area contributed by atoms with Gasteiger partial charge in [-0.2, -0.15) is 0 Å². The Morgan fingerprint density at radius 2 is 1.56 bits per heavy atom. The maximum absolute atomic E-state index is 5.90. The van der Waals surface area contributed by atoms with E-state index in [1.807, 2.05) is 12.1 Å². The van der Waals surface area contributed by atoms with Crippen LogP contribution in [0.3, 0.4) is 0 Å². The second-order valence-electron chi connectivity index (χ2n) is 4.98. The molecule has 2 aromatic rings. The summed E-state index contributed by atoms with van der Waals surface area (Å²) < 4.78 is 0. The Hall–Kier alpha value is -1.27. The van der Waals surface area contributed by atoms with Crippen LogP contribution in [0, 0.1) is 6.92 Å². The van der Waals surface area contributed by atoms with Crippen molar-refractivity contribution in [3.05, 3.63) is 70.2 Å². The number of aryl methyl sites for hydroxylation is 2. The summed E-state index contributed by atoms with van der Waals surface area (Å²) in [6.07, 6.45) is 2.30. The number of rotatable bonds is 4. The second kappa shape index (κ2) is 6.06. The molecule has 1 heteroatoms. The first kappa shape index (κ1) is 13.2. The maximum Gasteiger partial charge on any atom is 0.0406 e. The average molecular weight is 259 g/mol. The molecule has 0 radical (unpaired) electrons. The van der Waals surface area contributed by atoms with E-state index >= 15 is 0 Å². The third kappa shape index (κ3) is 3.61. The van der Waals surface area contributed by atoms with Gasteiger partial charge >= 0.3 is 0 Å². The van der Waals surface area contributed by atoms with E-state index in [9.17, 15) is 0 Å². The van der Waals surface area contributed by atoms with E-state index in [4.69, 9.17) is 11.6 Å². The topological polar surface area (TPSA) is 0 Å². The summed E-state index contributed by atoms with van der Waals surface area (Å²) in [5, 5.41) is 0.810. The van der Waals surface area contributed by atoms with E-state index in [0.717, 1.165) is 11.4 Å². The quantitative estimate of drug-likeness (QED) is 0.690. The minimum absolute atomic E-state index is 0.573. The van der Waals surface area contributed by atoms with Crippen molar-refractivity contribution in [3.8, 4) is 0 Å². The summed E-state index contributed by atoms with van der Waals surface area (Å²) in [7, 11) is 0. The Morgan fingerprint density at radius 1 is 0.944 bits per heavy atom. The zero-order chi connectivity index (χ0) is 13.0. The summed E-state index contributed by atoms with van der Waals surface area (Å²) in [6, 6.07) is 17.0. The summed E-state index contributed by atoms with van der Waals surface area (Å²) in [6.45, 7) is 4.40. The highest BCUT2D eigenvalue weighted by molar-refractivity contribution is 6.30. The fraction of sp³-hybridized carbons (Fsp3) is 0.294. The molecule has 1 unspecified atom stereocenters. The van der Waals surface area contributed by atoms with Crippen LogP contribution >= 0.6 is 11.6 Å². The first-order valence-electron chi connectivity index (χ1n) is 6.46. The molecule has 0 amide bonds. The van der Waals surface area contributed by atoms with Gasteiger partial charge in [-0.1, -0.05) is 60.5 Å². The molecular weight excluding hydrogens is 240 g/mol. The largest absolute Gasteiger partial charge is 0.0843 e. The molecule has 0 aliphatic rings. The molecule has 0 fully saturated rings. The van der Waals surface area contributed by atoms with Gasteiger partial charge in [-0.05, 0) is 48.9 Å². The van der Waals surface area contributed by atoms with E-state index in [-0.39, 0.29) is 0 Å². The normalized spacial score (nSPS) is 12.4. The van der Waals surface area contributed by atoms with Crippen LogP contribution in [0.15, 0.2) is 48.5 Å². The highest BCUT2D eigenvalue weighted by Crippen LogP contribution is 2.22. The molecule has 0 bridgehead atoms. The van der Waals surface area contributed by atoms with Crippen LogP contribution in [0.1, 0.15) is 36.0 Å². The lowest BCUT2D eigenvalue weighted by Crippen LogP contribution is -1.96. The van der Waals surface area contributed by atoms with Gasteiger partial charge in [0, 0.05) is 5.02 Å². The van der Waals surface area contributed by atoms with Gasteiger partial charge in [0.25, 0.3) is 0 Å². The second-order valence-corrected chi connectivity index (χ2v) is 5.41. The van der Waals surface area contributed by atoms with Gasteiger partial charge in [-0.3, -0.25) is 0 Å². The Kier molecular flexibility index (Phi) is 4.43. The molecule has 0 nitrogen and oxygen atoms in total. The molecule has 1 atom stereocenters. The lowest BCUT2D eigenvalue weighted by molar-refractivity contribution is 0.679. The Labute approximate surface area is 115 Å². The van der Waals surface area contributed by atoms with Gasteiger partial charge < -0.3 is 0 Å². The van der Waals surface area contributed by atoms with Gasteiger partial charge in [0.15, 0.2) is 0 Å². The van der Waals surface area contributed by atoms with Crippen molar-refractivity contribution in [1.29, 1.82) is 0 Å². The summed E-state index contributed by atoms with van der Waals surface area (Å²) in [4.78, 5) is 0. The van der Waals surface area contributed by atoms with E-state index < -0.39 is 0 Å². The van der Waals surface area contributed by atoms with E-state index in [1.165, 1.54) is 23.1 Å². The summed E-state index contributed by atoms with van der Waals surface area (Å²) in [5.74, 6) is 0.573. The predicted molar refractivity (Wildman–Crippen MR) is 79.4 cm³/mol. The molecule has 0 saturated carbocycles. The van der Waals surface area contributed by atoms with Crippen LogP contribution in [0.2, 0.25) is 5.02 Å².